The number of hydrogen-bond acceptors (Lipinski definition) is 3. The molecule has 2 aromatic rings. The Hall–Kier alpha value is -2.36. The van der Waals surface area contributed by atoms with Crippen LogP contribution in [0.1, 0.15) is 24.8 Å². The van der Waals surface area contributed by atoms with Gasteiger partial charge in [-0.1, -0.05) is 18.2 Å². The topological polar surface area (TPSA) is 45.2 Å². The molecular formula is C18H21N3O. The monoisotopic (exact) mass is 295 g/mol. The first kappa shape index (κ1) is 14.6. The Morgan fingerprint density at radius 2 is 1.95 bits per heavy atom. The molecule has 114 valence electrons. The van der Waals surface area contributed by atoms with Crippen LogP contribution in [0.4, 0.5) is 11.4 Å². The zero-order valence-corrected chi connectivity index (χ0v) is 12.7. The summed E-state index contributed by atoms with van der Waals surface area (Å²) in [6.45, 7) is 2.14. The maximum absolute atomic E-state index is 12.2. The standard InChI is InChI=1S/C18H21N3O/c22-18(10-9-15-6-5-11-19-14-15)20-16-7-1-2-8-17(16)21-12-3-4-13-21/h1-2,5-8,11,14H,3-4,9-10,12-13H2,(H,20,22). The molecular weight excluding hydrogens is 274 g/mol. The van der Waals surface area contributed by atoms with Gasteiger partial charge in [-0.25, -0.2) is 0 Å². The van der Waals surface area contributed by atoms with Gasteiger partial charge in [-0.2, -0.15) is 0 Å². The number of anilines is 2. The van der Waals surface area contributed by atoms with E-state index in [1.54, 1.807) is 6.20 Å². The highest BCUT2D eigenvalue weighted by Crippen LogP contribution is 2.28. The Balaban J connectivity index is 1.61. The minimum absolute atomic E-state index is 0.0514. The van der Waals surface area contributed by atoms with Crippen LogP contribution in [-0.2, 0) is 11.2 Å². The summed E-state index contributed by atoms with van der Waals surface area (Å²) < 4.78 is 0. The third-order valence-electron chi connectivity index (χ3n) is 3.99. The molecule has 1 saturated heterocycles. The molecule has 0 saturated carbocycles. The van der Waals surface area contributed by atoms with Crippen molar-refractivity contribution >= 4 is 17.3 Å². The van der Waals surface area contributed by atoms with Gasteiger partial charge in [0, 0.05) is 31.9 Å². The molecule has 1 amide bonds. The minimum atomic E-state index is 0.0514. The molecule has 1 aromatic heterocycles. The Bertz CT molecular complexity index is 621. The van der Waals surface area contributed by atoms with Crippen LogP contribution in [0.3, 0.4) is 0 Å². The number of para-hydroxylation sites is 2. The van der Waals surface area contributed by atoms with E-state index in [0.29, 0.717) is 12.8 Å². The molecule has 3 rings (SSSR count). The summed E-state index contributed by atoms with van der Waals surface area (Å²) in [6.07, 6.45) is 7.19. The summed E-state index contributed by atoms with van der Waals surface area (Å²) in [5.41, 5.74) is 3.14. The zero-order valence-electron chi connectivity index (χ0n) is 12.7. The highest BCUT2D eigenvalue weighted by Gasteiger charge is 2.16. The van der Waals surface area contributed by atoms with Crippen LogP contribution in [0.15, 0.2) is 48.8 Å². The van der Waals surface area contributed by atoms with Gasteiger partial charge in [0.2, 0.25) is 5.91 Å². The summed E-state index contributed by atoms with van der Waals surface area (Å²) in [6, 6.07) is 12.0. The summed E-state index contributed by atoms with van der Waals surface area (Å²) in [5, 5.41) is 3.06. The van der Waals surface area contributed by atoms with Crippen molar-refractivity contribution in [3.05, 3.63) is 54.4 Å². The average Bonchev–Trinajstić information content (AvgIpc) is 3.09. The maximum Gasteiger partial charge on any atom is 0.224 e. The van der Waals surface area contributed by atoms with Crippen molar-refractivity contribution in [2.75, 3.05) is 23.3 Å². The van der Waals surface area contributed by atoms with Gasteiger partial charge in [0.15, 0.2) is 0 Å². The fourth-order valence-electron chi connectivity index (χ4n) is 2.83. The van der Waals surface area contributed by atoms with E-state index in [0.717, 1.165) is 30.0 Å². The van der Waals surface area contributed by atoms with E-state index in [2.05, 4.69) is 21.3 Å². The Morgan fingerprint density at radius 3 is 2.73 bits per heavy atom. The Labute approximate surface area is 131 Å². The number of aryl methyl sites for hydroxylation is 1. The minimum Gasteiger partial charge on any atom is -0.370 e. The normalized spacial score (nSPS) is 14.1. The van der Waals surface area contributed by atoms with E-state index in [9.17, 15) is 4.79 Å². The number of nitrogens with zero attached hydrogens (tertiary/aromatic N) is 2. The first-order valence-corrected chi connectivity index (χ1v) is 7.86. The molecule has 0 aliphatic carbocycles. The van der Waals surface area contributed by atoms with E-state index in [-0.39, 0.29) is 5.91 Å². The Kier molecular flexibility index (Phi) is 4.68. The molecule has 0 atom stereocenters. The number of nitrogens with one attached hydrogen (secondary N) is 1. The van der Waals surface area contributed by atoms with Gasteiger partial charge in [0.05, 0.1) is 11.4 Å². The fraction of sp³-hybridized carbons (Fsp3) is 0.333. The van der Waals surface area contributed by atoms with Gasteiger partial charge >= 0.3 is 0 Å². The fourth-order valence-corrected chi connectivity index (χ4v) is 2.83. The van der Waals surface area contributed by atoms with Crippen molar-refractivity contribution in [1.82, 2.24) is 4.98 Å². The van der Waals surface area contributed by atoms with Crippen molar-refractivity contribution in [2.24, 2.45) is 0 Å². The van der Waals surface area contributed by atoms with Crippen molar-refractivity contribution < 1.29 is 4.79 Å². The van der Waals surface area contributed by atoms with E-state index in [1.165, 1.54) is 12.8 Å². The SMILES string of the molecule is O=C(CCc1cccnc1)Nc1ccccc1N1CCCC1. The third kappa shape index (κ3) is 3.64. The van der Waals surface area contributed by atoms with Gasteiger partial charge in [0.1, 0.15) is 0 Å². The summed E-state index contributed by atoms with van der Waals surface area (Å²) in [5.74, 6) is 0.0514. The van der Waals surface area contributed by atoms with Gasteiger partial charge in [-0.05, 0) is 43.0 Å². The van der Waals surface area contributed by atoms with Crippen LogP contribution < -0.4 is 10.2 Å². The number of hydrogen-bond donors (Lipinski definition) is 1. The molecule has 0 spiro atoms. The lowest BCUT2D eigenvalue weighted by atomic mass is 10.1. The average molecular weight is 295 g/mol. The number of carbonyl (C=O) groups excluding carboxylic acids is 1. The van der Waals surface area contributed by atoms with E-state index < -0.39 is 0 Å². The second-order valence-corrected chi connectivity index (χ2v) is 5.62. The van der Waals surface area contributed by atoms with Crippen LogP contribution in [0.2, 0.25) is 0 Å². The predicted octanol–water partition coefficient (Wildman–Crippen LogP) is 3.25. The predicted molar refractivity (Wildman–Crippen MR) is 89.1 cm³/mol. The lowest BCUT2D eigenvalue weighted by Crippen LogP contribution is -2.21. The molecule has 0 unspecified atom stereocenters. The highest BCUT2D eigenvalue weighted by atomic mass is 16.1. The number of amides is 1. The third-order valence-corrected chi connectivity index (χ3v) is 3.99. The van der Waals surface area contributed by atoms with Crippen molar-refractivity contribution in [3.8, 4) is 0 Å². The van der Waals surface area contributed by atoms with E-state index >= 15 is 0 Å². The first-order valence-electron chi connectivity index (χ1n) is 7.86. The largest absolute Gasteiger partial charge is 0.370 e. The van der Waals surface area contributed by atoms with E-state index in [1.807, 2.05) is 36.5 Å². The first-order chi connectivity index (χ1) is 10.8. The number of pyridine rings is 1. The molecule has 1 N–H and O–H groups in total. The summed E-state index contributed by atoms with van der Waals surface area (Å²) in [7, 11) is 0. The van der Waals surface area contributed by atoms with E-state index in [4.69, 9.17) is 0 Å². The second kappa shape index (κ2) is 7.07. The summed E-state index contributed by atoms with van der Waals surface area (Å²) in [4.78, 5) is 18.6. The molecule has 1 aliphatic heterocycles. The summed E-state index contributed by atoms with van der Waals surface area (Å²) >= 11 is 0. The molecule has 0 bridgehead atoms. The molecule has 4 nitrogen and oxygen atoms in total. The molecule has 1 aliphatic rings. The van der Waals surface area contributed by atoms with Crippen LogP contribution in [0, 0.1) is 0 Å². The van der Waals surface area contributed by atoms with Gasteiger partial charge in [-0.3, -0.25) is 9.78 Å². The Morgan fingerprint density at radius 1 is 1.14 bits per heavy atom. The van der Waals surface area contributed by atoms with Crippen molar-refractivity contribution in [1.29, 1.82) is 0 Å². The van der Waals surface area contributed by atoms with Gasteiger partial charge in [-0.15, -0.1) is 0 Å². The molecule has 0 radical (unpaired) electrons. The molecule has 22 heavy (non-hydrogen) atoms. The number of benzene rings is 1. The number of carbonyl (C=O) groups is 1. The molecule has 2 heterocycles. The van der Waals surface area contributed by atoms with Crippen LogP contribution in [0.5, 0.6) is 0 Å². The van der Waals surface area contributed by atoms with Crippen LogP contribution in [-0.4, -0.2) is 24.0 Å². The molecule has 1 aromatic carbocycles. The zero-order chi connectivity index (χ0) is 15.2. The van der Waals surface area contributed by atoms with Crippen molar-refractivity contribution in [3.63, 3.8) is 0 Å². The van der Waals surface area contributed by atoms with Crippen LogP contribution >= 0.6 is 0 Å². The quantitative estimate of drug-likeness (QED) is 0.921. The molecule has 4 heteroatoms. The highest BCUT2D eigenvalue weighted by molar-refractivity contribution is 5.94. The molecule has 1 fully saturated rings. The van der Waals surface area contributed by atoms with Gasteiger partial charge in [0.25, 0.3) is 0 Å². The van der Waals surface area contributed by atoms with Crippen LogP contribution in [0.25, 0.3) is 0 Å². The second-order valence-electron chi connectivity index (χ2n) is 5.62. The lowest BCUT2D eigenvalue weighted by molar-refractivity contribution is -0.116. The number of aromatic nitrogens is 1. The lowest BCUT2D eigenvalue weighted by Gasteiger charge is -2.21. The maximum atomic E-state index is 12.2. The van der Waals surface area contributed by atoms with Crippen molar-refractivity contribution in [2.45, 2.75) is 25.7 Å². The van der Waals surface area contributed by atoms with Gasteiger partial charge < -0.3 is 10.2 Å². The number of rotatable bonds is 5. The smallest absolute Gasteiger partial charge is 0.224 e.